The van der Waals surface area contributed by atoms with E-state index in [4.69, 9.17) is 13.3 Å². The maximum absolute atomic E-state index is 7.15. The van der Waals surface area contributed by atoms with Crippen molar-refractivity contribution in [1.29, 1.82) is 0 Å². The summed E-state index contributed by atoms with van der Waals surface area (Å²) < 4.78 is 20.3. The molecule has 1 aliphatic carbocycles. The minimum atomic E-state index is -0.178. The number of benzene rings is 10. The quantitative estimate of drug-likeness (QED) is 0.173. The lowest BCUT2D eigenvalue weighted by molar-refractivity contribution is 0.660. The summed E-state index contributed by atoms with van der Waals surface area (Å²) in [4.78, 5) is 2.41. The number of furan rings is 3. The van der Waals surface area contributed by atoms with Gasteiger partial charge in [0.1, 0.15) is 33.5 Å². The van der Waals surface area contributed by atoms with Crippen LogP contribution in [0.25, 0.3) is 110 Å². The molecule has 13 aromatic rings. The van der Waals surface area contributed by atoms with E-state index in [0.29, 0.717) is 0 Å². The van der Waals surface area contributed by atoms with E-state index in [-0.39, 0.29) is 5.41 Å². The Balaban J connectivity index is 1.02. The van der Waals surface area contributed by atoms with E-state index in [1.54, 1.807) is 0 Å². The first-order chi connectivity index (χ1) is 32.0. The van der Waals surface area contributed by atoms with Crippen LogP contribution in [0.3, 0.4) is 0 Å². The van der Waals surface area contributed by atoms with Gasteiger partial charge >= 0.3 is 0 Å². The first-order valence-corrected chi connectivity index (χ1v) is 22.3. The molecule has 0 saturated heterocycles. The number of nitrogens with zero attached hydrogens (tertiary/aromatic N) is 1. The van der Waals surface area contributed by atoms with Gasteiger partial charge in [-0.15, -0.1) is 0 Å². The predicted octanol–water partition coefficient (Wildman–Crippen LogP) is 17.6. The molecule has 0 bridgehead atoms. The number of rotatable bonds is 5. The van der Waals surface area contributed by atoms with Crippen molar-refractivity contribution in [2.45, 2.75) is 19.3 Å². The van der Waals surface area contributed by atoms with Crippen molar-refractivity contribution < 1.29 is 13.3 Å². The SMILES string of the molecule is CC1(C)c2ccccc2-c2ccc(N(c3ccc(-c4cccc5c4oc4ccccc45)cc3)c3cccc4oc5c(-c6cccc7c6oc6ccccc67)c6ccccc6cc5c34)cc21. The van der Waals surface area contributed by atoms with Gasteiger partial charge in [0.2, 0.25) is 0 Å². The fourth-order valence-corrected chi connectivity index (χ4v) is 11.0. The van der Waals surface area contributed by atoms with Gasteiger partial charge in [-0.2, -0.15) is 0 Å². The Kier molecular flexibility index (Phi) is 7.42. The molecular weight excluding hydrogens is 795 g/mol. The molecule has 0 atom stereocenters. The maximum atomic E-state index is 7.15. The molecule has 0 aliphatic heterocycles. The summed E-state index contributed by atoms with van der Waals surface area (Å²) in [7, 11) is 0. The third-order valence-electron chi connectivity index (χ3n) is 14.1. The Morgan fingerprint density at radius 1 is 0.369 bits per heavy atom. The summed E-state index contributed by atoms with van der Waals surface area (Å²) in [5.41, 5.74) is 17.6. The fraction of sp³-hybridized carbons (Fsp3) is 0.0492. The van der Waals surface area contributed by atoms with E-state index in [1.807, 2.05) is 24.3 Å². The minimum Gasteiger partial charge on any atom is -0.455 e. The third kappa shape index (κ3) is 5.14. The molecule has 10 aromatic carbocycles. The summed E-state index contributed by atoms with van der Waals surface area (Å²) >= 11 is 0. The molecule has 65 heavy (non-hydrogen) atoms. The van der Waals surface area contributed by atoms with Gasteiger partial charge in [-0.3, -0.25) is 0 Å². The van der Waals surface area contributed by atoms with Crippen molar-refractivity contribution in [1.82, 2.24) is 0 Å². The van der Waals surface area contributed by atoms with Crippen LogP contribution in [0.4, 0.5) is 17.1 Å². The Bertz CT molecular complexity index is 4100. The van der Waals surface area contributed by atoms with E-state index < -0.39 is 0 Å². The first kappa shape index (κ1) is 36.2. The summed E-state index contributed by atoms with van der Waals surface area (Å²) in [5, 5.41) is 8.77. The second kappa shape index (κ2) is 13.3. The molecule has 0 unspecified atom stereocenters. The van der Waals surface area contributed by atoms with Gasteiger partial charge in [0.25, 0.3) is 0 Å². The number of fused-ring (bicyclic) bond motifs is 13. The van der Waals surface area contributed by atoms with E-state index in [0.717, 1.165) is 116 Å². The molecule has 1 aliphatic rings. The Labute approximate surface area is 374 Å². The summed E-state index contributed by atoms with van der Waals surface area (Å²) in [6, 6.07) is 71.6. The van der Waals surface area contributed by atoms with Crippen molar-refractivity contribution in [3.8, 4) is 33.4 Å². The highest BCUT2D eigenvalue weighted by atomic mass is 16.3. The zero-order valence-electron chi connectivity index (χ0n) is 35.7. The monoisotopic (exact) mass is 833 g/mol. The second-order valence-corrected chi connectivity index (χ2v) is 17.9. The van der Waals surface area contributed by atoms with Crippen molar-refractivity contribution in [3.63, 3.8) is 0 Å². The molecule has 4 heteroatoms. The van der Waals surface area contributed by atoms with Crippen LogP contribution in [0.2, 0.25) is 0 Å². The second-order valence-electron chi connectivity index (χ2n) is 17.9. The smallest absolute Gasteiger partial charge is 0.144 e. The van der Waals surface area contributed by atoms with Crippen LogP contribution >= 0.6 is 0 Å². The van der Waals surface area contributed by atoms with Gasteiger partial charge in [0.15, 0.2) is 0 Å². The Morgan fingerprint density at radius 3 is 1.69 bits per heavy atom. The molecule has 0 spiro atoms. The van der Waals surface area contributed by atoms with Crippen LogP contribution in [-0.2, 0) is 5.41 Å². The largest absolute Gasteiger partial charge is 0.455 e. The summed E-state index contributed by atoms with van der Waals surface area (Å²) in [6.45, 7) is 4.69. The molecular formula is C61H39NO3. The van der Waals surface area contributed by atoms with Crippen molar-refractivity contribution in [2.24, 2.45) is 0 Å². The van der Waals surface area contributed by atoms with Crippen LogP contribution in [0.1, 0.15) is 25.0 Å². The summed E-state index contributed by atoms with van der Waals surface area (Å²) in [6.07, 6.45) is 0. The van der Waals surface area contributed by atoms with Crippen LogP contribution in [-0.4, -0.2) is 0 Å². The van der Waals surface area contributed by atoms with Gasteiger partial charge in [-0.1, -0.05) is 159 Å². The van der Waals surface area contributed by atoms with Crippen molar-refractivity contribution in [2.75, 3.05) is 4.90 Å². The molecule has 306 valence electrons. The number of anilines is 3. The zero-order valence-corrected chi connectivity index (χ0v) is 35.7. The highest BCUT2D eigenvalue weighted by molar-refractivity contribution is 6.24. The highest BCUT2D eigenvalue weighted by Crippen LogP contribution is 2.53. The van der Waals surface area contributed by atoms with Gasteiger partial charge < -0.3 is 18.2 Å². The average molecular weight is 834 g/mol. The van der Waals surface area contributed by atoms with Crippen LogP contribution in [0.5, 0.6) is 0 Å². The summed E-state index contributed by atoms with van der Waals surface area (Å²) in [5.74, 6) is 0. The van der Waals surface area contributed by atoms with Crippen LogP contribution < -0.4 is 4.90 Å². The van der Waals surface area contributed by atoms with E-state index in [1.165, 1.54) is 22.3 Å². The third-order valence-corrected chi connectivity index (χ3v) is 14.1. The van der Waals surface area contributed by atoms with Crippen molar-refractivity contribution >= 4 is 93.7 Å². The maximum Gasteiger partial charge on any atom is 0.144 e. The lowest BCUT2D eigenvalue weighted by Gasteiger charge is -2.29. The van der Waals surface area contributed by atoms with Gasteiger partial charge in [-0.05, 0) is 93.2 Å². The first-order valence-electron chi connectivity index (χ1n) is 22.3. The lowest BCUT2D eigenvalue weighted by Crippen LogP contribution is -2.16. The molecule has 0 saturated carbocycles. The van der Waals surface area contributed by atoms with E-state index >= 15 is 0 Å². The Hall–Kier alpha value is -8.34. The van der Waals surface area contributed by atoms with Crippen molar-refractivity contribution in [3.05, 3.63) is 211 Å². The minimum absolute atomic E-state index is 0.178. The Morgan fingerprint density at radius 2 is 0.923 bits per heavy atom. The van der Waals surface area contributed by atoms with Crippen LogP contribution in [0.15, 0.2) is 213 Å². The number of para-hydroxylation sites is 4. The molecule has 0 radical (unpaired) electrons. The molecule has 0 amide bonds. The standard InChI is InChI=1S/C61H39NO3/c1-61(2)50-23-8-5-16-42(50)43-33-32-39(35-51(43)61)62(38-30-28-36(29-31-38)41-19-11-20-46-44-17-6-9-25-53(44)63-58(41)46)52-24-13-27-55-57(52)49-34-37-14-3-4-15-40(37)56(60(49)65-55)48-22-12-21-47-45-18-7-10-26-54(45)64-59(47)48/h3-35H,1-2H3. The molecule has 0 fully saturated rings. The normalized spacial score (nSPS) is 13.2. The number of hydrogen-bond acceptors (Lipinski definition) is 4. The average Bonchev–Trinajstić information content (AvgIpc) is 4.10. The molecule has 3 heterocycles. The lowest BCUT2D eigenvalue weighted by atomic mass is 9.82. The van der Waals surface area contributed by atoms with E-state index in [2.05, 4.69) is 195 Å². The molecule has 3 aromatic heterocycles. The molecule has 4 nitrogen and oxygen atoms in total. The topological polar surface area (TPSA) is 42.7 Å². The fourth-order valence-electron chi connectivity index (χ4n) is 11.0. The number of hydrogen-bond donors (Lipinski definition) is 0. The zero-order chi connectivity index (χ0) is 43.0. The van der Waals surface area contributed by atoms with Gasteiger partial charge in [0.05, 0.1) is 11.1 Å². The molecule has 0 N–H and O–H groups in total. The van der Waals surface area contributed by atoms with Gasteiger partial charge in [-0.25, -0.2) is 0 Å². The van der Waals surface area contributed by atoms with Gasteiger partial charge in [0, 0.05) is 60.4 Å². The van der Waals surface area contributed by atoms with E-state index in [9.17, 15) is 0 Å². The highest BCUT2D eigenvalue weighted by Gasteiger charge is 2.36. The van der Waals surface area contributed by atoms with Crippen LogP contribution in [0, 0.1) is 0 Å². The predicted molar refractivity (Wildman–Crippen MR) is 269 cm³/mol. The molecule has 14 rings (SSSR count).